The van der Waals surface area contributed by atoms with Crippen molar-refractivity contribution in [2.45, 2.75) is 13.0 Å². The van der Waals surface area contributed by atoms with Gasteiger partial charge in [-0.2, -0.15) is 4.89 Å². The van der Waals surface area contributed by atoms with Gasteiger partial charge in [-0.25, -0.2) is 4.79 Å². The summed E-state index contributed by atoms with van der Waals surface area (Å²) >= 11 is 0. The zero-order valence-electron chi connectivity index (χ0n) is 9.33. The van der Waals surface area contributed by atoms with Crippen molar-refractivity contribution in [3.8, 4) is 0 Å². The van der Waals surface area contributed by atoms with Crippen LogP contribution in [0.4, 0.5) is 4.79 Å². The lowest BCUT2D eigenvalue weighted by Crippen LogP contribution is -2.25. The highest BCUT2D eigenvalue weighted by Gasteiger charge is 2.09. The summed E-state index contributed by atoms with van der Waals surface area (Å²) in [4.78, 5) is 19.7. The van der Waals surface area contributed by atoms with Crippen LogP contribution >= 0.6 is 8.03 Å². The molecule has 0 aliphatic rings. The molecule has 1 amide bonds. The van der Waals surface area contributed by atoms with Crippen LogP contribution in [0.5, 0.6) is 0 Å². The van der Waals surface area contributed by atoms with Gasteiger partial charge in [-0.05, 0) is 10.1 Å². The van der Waals surface area contributed by atoms with Gasteiger partial charge in [-0.15, -0.1) is 0 Å². The Balaban J connectivity index is 2.11. The van der Waals surface area contributed by atoms with E-state index in [0.29, 0.717) is 13.0 Å². The minimum absolute atomic E-state index is 0.189. The van der Waals surface area contributed by atoms with Crippen LogP contribution in [0.25, 0.3) is 0 Å². The summed E-state index contributed by atoms with van der Waals surface area (Å²) in [5, 5.41) is 2.51. The number of carbonyl (C=O) groups excluding carboxylic acids is 1. The fraction of sp³-hybridized carbons (Fsp3) is 0.364. The van der Waals surface area contributed by atoms with Crippen LogP contribution < -0.4 is 5.32 Å². The number of amides is 1. The molecule has 0 fully saturated rings. The Bertz CT molecular complexity index is 369. The van der Waals surface area contributed by atoms with Gasteiger partial charge in [0.25, 0.3) is 0 Å². The Morgan fingerprint density at radius 1 is 1.35 bits per heavy atom. The number of carbonyl (C=O) groups is 1. The van der Waals surface area contributed by atoms with Gasteiger partial charge in [0.2, 0.25) is 0 Å². The molecule has 92 valence electrons. The van der Waals surface area contributed by atoms with E-state index in [0.717, 1.165) is 5.56 Å². The van der Waals surface area contributed by atoms with E-state index in [-0.39, 0.29) is 12.8 Å². The van der Waals surface area contributed by atoms with E-state index in [1.807, 2.05) is 30.3 Å². The van der Waals surface area contributed by atoms with Crippen LogP contribution in [0.2, 0.25) is 0 Å². The molecule has 2 N–H and O–H groups in total. The third-order valence-electron chi connectivity index (χ3n) is 2.01. The summed E-state index contributed by atoms with van der Waals surface area (Å²) in [6.45, 7) is 0.566. The molecule has 0 aliphatic heterocycles. The van der Waals surface area contributed by atoms with Crippen LogP contribution in [0.15, 0.2) is 30.3 Å². The Morgan fingerprint density at radius 2 is 2.06 bits per heavy atom. The van der Waals surface area contributed by atoms with Gasteiger partial charge in [-0.3, -0.25) is 0 Å². The molecule has 1 atom stereocenters. The molecule has 1 aromatic rings. The molecule has 1 unspecified atom stereocenters. The van der Waals surface area contributed by atoms with E-state index in [2.05, 4.69) is 5.32 Å². The first-order valence-electron chi connectivity index (χ1n) is 5.26. The van der Waals surface area contributed by atoms with Gasteiger partial charge >= 0.3 is 14.1 Å². The van der Waals surface area contributed by atoms with Crippen molar-refractivity contribution in [2.75, 3.05) is 12.7 Å². The predicted molar refractivity (Wildman–Crippen MR) is 63.9 cm³/mol. The van der Waals surface area contributed by atoms with E-state index in [1.54, 1.807) is 0 Å². The van der Waals surface area contributed by atoms with Crippen molar-refractivity contribution >= 4 is 14.1 Å². The van der Waals surface area contributed by atoms with Gasteiger partial charge in [0, 0.05) is 13.0 Å². The molecular formula is C11H15NO4P+. The zero-order chi connectivity index (χ0) is 12.5. The molecule has 0 saturated carbocycles. The van der Waals surface area contributed by atoms with Crippen molar-refractivity contribution in [1.82, 2.24) is 5.32 Å². The van der Waals surface area contributed by atoms with Crippen LogP contribution in [0, 0.1) is 0 Å². The molecule has 5 nitrogen and oxygen atoms in total. The SMILES string of the molecule is O=C(NCCC[P+](=O)O)OCc1ccccc1. The maximum atomic E-state index is 11.2. The van der Waals surface area contributed by atoms with Crippen molar-refractivity contribution in [2.24, 2.45) is 0 Å². The molecule has 0 bridgehead atoms. The van der Waals surface area contributed by atoms with Crippen molar-refractivity contribution in [3.05, 3.63) is 35.9 Å². The fourth-order valence-corrected chi connectivity index (χ4v) is 1.61. The number of hydrogen-bond donors (Lipinski definition) is 2. The van der Waals surface area contributed by atoms with E-state index in [4.69, 9.17) is 9.63 Å². The quantitative estimate of drug-likeness (QED) is 0.603. The van der Waals surface area contributed by atoms with Gasteiger partial charge in [0.05, 0.1) is 0 Å². The van der Waals surface area contributed by atoms with Gasteiger partial charge in [0.15, 0.2) is 6.16 Å². The largest absolute Gasteiger partial charge is 0.505 e. The zero-order valence-corrected chi connectivity index (χ0v) is 10.2. The first-order chi connectivity index (χ1) is 8.18. The summed E-state index contributed by atoms with van der Waals surface area (Å²) in [5.41, 5.74) is 0.918. The second-order valence-corrected chi connectivity index (χ2v) is 4.57. The van der Waals surface area contributed by atoms with E-state index >= 15 is 0 Å². The molecule has 0 aromatic heterocycles. The Hall–Kier alpha value is -1.45. The lowest BCUT2D eigenvalue weighted by Gasteiger charge is -2.05. The lowest BCUT2D eigenvalue weighted by atomic mass is 10.2. The molecule has 0 radical (unpaired) electrons. The summed E-state index contributed by atoms with van der Waals surface area (Å²) in [6.07, 6.45) is 0.141. The highest BCUT2D eigenvalue weighted by molar-refractivity contribution is 7.37. The van der Waals surface area contributed by atoms with Crippen molar-refractivity contribution in [1.29, 1.82) is 0 Å². The molecular weight excluding hydrogens is 241 g/mol. The highest BCUT2D eigenvalue weighted by Crippen LogP contribution is 2.12. The minimum atomic E-state index is -2.12. The van der Waals surface area contributed by atoms with Crippen LogP contribution in [-0.4, -0.2) is 23.7 Å². The monoisotopic (exact) mass is 256 g/mol. The van der Waals surface area contributed by atoms with E-state index < -0.39 is 14.1 Å². The van der Waals surface area contributed by atoms with Crippen molar-refractivity contribution < 1.29 is 19.0 Å². The molecule has 1 aromatic carbocycles. The Morgan fingerprint density at radius 3 is 2.71 bits per heavy atom. The minimum Gasteiger partial charge on any atom is -0.445 e. The van der Waals surface area contributed by atoms with Crippen LogP contribution in [-0.2, 0) is 15.9 Å². The maximum absolute atomic E-state index is 11.2. The summed E-state index contributed by atoms with van der Waals surface area (Å²) in [7, 11) is -2.12. The first kappa shape index (κ1) is 13.6. The van der Waals surface area contributed by atoms with Gasteiger partial charge < -0.3 is 10.1 Å². The first-order valence-corrected chi connectivity index (χ1v) is 6.66. The van der Waals surface area contributed by atoms with Gasteiger partial charge in [0.1, 0.15) is 6.61 Å². The van der Waals surface area contributed by atoms with E-state index in [1.165, 1.54) is 0 Å². The molecule has 0 heterocycles. The average molecular weight is 256 g/mol. The maximum Gasteiger partial charge on any atom is 0.505 e. The Labute approximate surface area is 101 Å². The molecule has 0 aliphatic carbocycles. The highest BCUT2D eigenvalue weighted by atomic mass is 31.1. The van der Waals surface area contributed by atoms with Gasteiger partial charge in [-0.1, -0.05) is 30.3 Å². The van der Waals surface area contributed by atoms with E-state index in [9.17, 15) is 9.36 Å². The average Bonchev–Trinajstić information content (AvgIpc) is 2.33. The van der Waals surface area contributed by atoms with Crippen molar-refractivity contribution in [3.63, 3.8) is 0 Å². The normalized spacial score (nSPS) is 10.8. The summed E-state index contributed by atoms with van der Waals surface area (Å²) < 4.78 is 15.3. The van der Waals surface area contributed by atoms with Crippen LogP contribution in [0.3, 0.4) is 0 Å². The number of benzene rings is 1. The molecule has 0 saturated heterocycles. The standard InChI is InChI=1S/C11H14NO4P/c13-11(12-7-4-8-17(14)15)16-9-10-5-2-1-3-6-10/h1-3,5-6H,4,7-9H2,(H-,12,13,14,15)/p+1. The topological polar surface area (TPSA) is 75.6 Å². The number of hydrogen-bond acceptors (Lipinski definition) is 3. The Kier molecular flexibility index (Phi) is 6.22. The smallest absolute Gasteiger partial charge is 0.445 e. The number of nitrogens with one attached hydrogen (secondary N) is 1. The third kappa shape index (κ3) is 6.66. The summed E-state index contributed by atoms with van der Waals surface area (Å²) in [6, 6.07) is 9.36. The second kappa shape index (κ2) is 7.76. The number of alkyl carbamates (subject to hydrolysis) is 1. The molecule has 1 rings (SSSR count). The fourth-order valence-electron chi connectivity index (χ4n) is 1.18. The number of ether oxygens (including phenoxy) is 1. The van der Waals surface area contributed by atoms with Crippen LogP contribution in [0.1, 0.15) is 12.0 Å². The second-order valence-electron chi connectivity index (χ2n) is 3.42. The molecule has 17 heavy (non-hydrogen) atoms. The number of rotatable bonds is 6. The lowest BCUT2D eigenvalue weighted by molar-refractivity contribution is 0.139. The third-order valence-corrected chi connectivity index (χ3v) is 2.71. The molecule has 0 spiro atoms. The summed E-state index contributed by atoms with van der Waals surface area (Å²) in [5.74, 6) is 0. The molecule has 6 heteroatoms. The predicted octanol–water partition coefficient (Wildman–Crippen LogP) is 2.04.